The highest BCUT2D eigenvalue weighted by atomic mass is 19.3. The minimum absolute atomic E-state index is 0.0311. The van der Waals surface area contributed by atoms with Crippen molar-refractivity contribution >= 4 is 0 Å². The smallest absolute Gasteiger partial charge is 0.448 e. The summed E-state index contributed by atoms with van der Waals surface area (Å²) in [4.78, 5) is 7.63. The fraction of sp³-hybridized carbons (Fsp3) is 0.630. The van der Waals surface area contributed by atoms with Gasteiger partial charge in [0.2, 0.25) is 0 Å². The number of hydrogen-bond acceptors (Lipinski definition) is 5. The largest absolute Gasteiger partial charge is 0.490 e. The van der Waals surface area contributed by atoms with Gasteiger partial charge in [-0.3, -0.25) is 0 Å². The van der Waals surface area contributed by atoms with Crippen LogP contribution in [0.1, 0.15) is 25.3 Å². The Morgan fingerprint density at radius 2 is 1.48 bits per heavy atom. The number of quaternary nitrogens is 1. The molecule has 17 heteroatoms. The molecule has 0 radical (unpaired) electrons. The van der Waals surface area contributed by atoms with Crippen LogP contribution in [0.5, 0.6) is 5.75 Å². The van der Waals surface area contributed by atoms with E-state index in [0.717, 1.165) is 19.3 Å². The number of hydrogen-bond donors (Lipinski definition) is 0. The summed E-state index contributed by atoms with van der Waals surface area (Å²) >= 11 is 0. The van der Waals surface area contributed by atoms with E-state index in [9.17, 15) is 48.4 Å². The molecule has 0 bridgehead atoms. The van der Waals surface area contributed by atoms with Gasteiger partial charge < -0.3 is 14.2 Å². The van der Waals surface area contributed by atoms with Crippen LogP contribution in [0.25, 0.3) is 11.4 Å². The van der Waals surface area contributed by atoms with Crippen LogP contribution in [0.3, 0.4) is 0 Å². The Morgan fingerprint density at radius 3 is 2.05 bits per heavy atom. The predicted octanol–water partition coefficient (Wildman–Crippen LogP) is 6.79. The molecule has 0 amide bonds. The third kappa shape index (κ3) is 8.90. The molecule has 2 aromatic rings. The molecule has 1 saturated heterocycles. The van der Waals surface area contributed by atoms with Gasteiger partial charge in [0.1, 0.15) is 25.4 Å². The summed E-state index contributed by atoms with van der Waals surface area (Å²) in [5.41, 5.74) is -0.181. The molecule has 248 valence electrons. The van der Waals surface area contributed by atoms with Crippen LogP contribution in [-0.2, 0) is 15.9 Å². The van der Waals surface area contributed by atoms with Crippen molar-refractivity contribution in [2.45, 2.75) is 62.3 Å². The summed E-state index contributed by atoms with van der Waals surface area (Å²) in [5, 5.41) is 0. The van der Waals surface area contributed by atoms with Gasteiger partial charge in [-0.25, -0.2) is 27.5 Å². The summed E-state index contributed by atoms with van der Waals surface area (Å²) < 4.78 is 167. The molecule has 1 aromatic carbocycles. The Balaban J connectivity index is 1.49. The predicted molar refractivity (Wildman–Crippen MR) is 134 cm³/mol. The highest BCUT2D eigenvalue weighted by Gasteiger charge is 2.62. The summed E-state index contributed by atoms with van der Waals surface area (Å²) in [6.07, 6.45) is -8.40. The van der Waals surface area contributed by atoms with Crippen molar-refractivity contribution in [1.82, 2.24) is 9.97 Å². The number of ether oxygens (including phenoxy) is 3. The van der Waals surface area contributed by atoms with Crippen LogP contribution < -0.4 is 4.74 Å². The molecule has 44 heavy (non-hydrogen) atoms. The Bertz CT molecular complexity index is 1180. The molecule has 0 aliphatic carbocycles. The number of morpholine rings is 1. The molecule has 1 aromatic heterocycles. The zero-order valence-corrected chi connectivity index (χ0v) is 23.4. The zero-order valence-electron chi connectivity index (χ0n) is 23.4. The summed E-state index contributed by atoms with van der Waals surface area (Å²) in [6.45, 7) is -3.24. The van der Waals surface area contributed by atoms with E-state index >= 15 is 0 Å². The van der Waals surface area contributed by atoms with Crippen LogP contribution in [0.4, 0.5) is 48.4 Å². The van der Waals surface area contributed by atoms with Gasteiger partial charge >= 0.3 is 17.9 Å². The van der Waals surface area contributed by atoms with E-state index in [0.29, 0.717) is 5.56 Å². The Morgan fingerprint density at radius 1 is 0.886 bits per heavy atom. The van der Waals surface area contributed by atoms with Crippen molar-refractivity contribution in [3.8, 4) is 17.1 Å². The van der Waals surface area contributed by atoms with Crippen molar-refractivity contribution in [3.63, 3.8) is 0 Å². The SMILES string of the molecule is CCC(F)C(F)(F)CC(F)(F)C(F)(F)Cc1cnc(-c2ccc(OCC(F)COCC(F)(F)[N+]3(F)CCOCC3)cc2)nc1. The highest BCUT2D eigenvalue weighted by molar-refractivity contribution is 5.55. The minimum Gasteiger partial charge on any atom is -0.490 e. The van der Waals surface area contributed by atoms with E-state index < -0.39 is 98.6 Å². The van der Waals surface area contributed by atoms with E-state index in [1.54, 1.807) is 0 Å². The van der Waals surface area contributed by atoms with Crippen LogP contribution in [0.15, 0.2) is 36.7 Å². The van der Waals surface area contributed by atoms with Crippen molar-refractivity contribution in [3.05, 3.63) is 42.2 Å². The number of nitrogens with zero attached hydrogens (tertiary/aromatic N) is 3. The van der Waals surface area contributed by atoms with Gasteiger partial charge in [0.15, 0.2) is 24.8 Å². The molecule has 0 saturated carbocycles. The third-order valence-corrected chi connectivity index (χ3v) is 6.83. The molecule has 6 nitrogen and oxygen atoms in total. The zero-order chi connectivity index (χ0) is 32.8. The van der Waals surface area contributed by atoms with Gasteiger partial charge in [-0.1, -0.05) is 11.6 Å². The van der Waals surface area contributed by atoms with Crippen molar-refractivity contribution in [2.24, 2.45) is 0 Å². The lowest BCUT2D eigenvalue weighted by atomic mass is 9.96. The summed E-state index contributed by atoms with van der Waals surface area (Å²) in [5.74, 6) is -14.7. The molecule has 1 aliphatic heterocycles. The number of aromatic nitrogens is 2. The van der Waals surface area contributed by atoms with Gasteiger partial charge in [0.25, 0.3) is 5.92 Å². The van der Waals surface area contributed by atoms with Crippen LogP contribution in [-0.4, -0.2) is 97.0 Å². The van der Waals surface area contributed by atoms with Crippen LogP contribution in [0.2, 0.25) is 0 Å². The molecular weight excluding hydrogens is 623 g/mol. The molecule has 2 unspecified atom stereocenters. The van der Waals surface area contributed by atoms with Gasteiger partial charge in [-0.2, -0.15) is 17.6 Å². The maximum atomic E-state index is 14.4. The second-order valence-corrected chi connectivity index (χ2v) is 10.4. The second kappa shape index (κ2) is 14.1. The fourth-order valence-electron chi connectivity index (χ4n) is 4.14. The van der Waals surface area contributed by atoms with Gasteiger partial charge in [0.05, 0.1) is 26.2 Å². The quantitative estimate of drug-likeness (QED) is 0.113. The van der Waals surface area contributed by atoms with Gasteiger partial charge in [-0.15, -0.1) is 8.78 Å². The average Bonchev–Trinajstić information content (AvgIpc) is 2.95. The molecule has 3 rings (SSSR count). The molecule has 2 heterocycles. The Hall–Kier alpha value is -2.79. The molecule has 1 aliphatic rings. The minimum atomic E-state index is -5.22. The molecule has 0 N–H and O–H groups in total. The first kappa shape index (κ1) is 35.7. The molecule has 2 atom stereocenters. The highest BCUT2D eigenvalue weighted by Crippen LogP contribution is 2.45. The first-order valence-electron chi connectivity index (χ1n) is 13.5. The van der Waals surface area contributed by atoms with Crippen LogP contribution in [0, 0.1) is 0 Å². The van der Waals surface area contributed by atoms with Crippen LogP contribution >= 0.6 is 0 Å². The van der Waals surface area contributed by atoms with Crippen molar-refractivity contribution < 1.29 is 67.3 Å². The fourth-order valence-corrected chi connectivity index (χ4v) is 4.14. The third-order valence-electron chi connectivity index (χ3n) is 6.83. The lowest BCUT2D eigenvalue weighted by molar-refractivity contribution is -1.13. The van der Waals surface area contributed by atoms with E-state index in [2.05, 4.69) is 14.7 Å². The van der Waals surface area contributed by atoms with Crippen molar-refractivity contribution in [1.29, 1.82) is 0 Å². The summed E-state index contributed by atoms with van der Waals surface area (Å²) in [6, 6.07) is 1.61. The van der Waals surface area contributed by atoms with Gasteiger partial charge in [0, 0.05) is 28.9 Å². The summed E-state index contributed by atoms with van der Waals surface area (Å²) in [7, 11) is 0. The first-order valence-corrected chi connectivity index (χ1v) is 13.5. The number of rotatable bonds is 16. The van der Waals surface area contributed by atoms with E-state index in [1.165, 1.54) is 24.3 Å². The maximum Gasteiger partial charge on any atom is 0.448 e. The monoisotopic (exact) mass is 654 g/mol. The average molecular weight is 655 g/mol. The number of benzene rings is 1. The second-order valence-electron chi connectivity index (χ2n) is 10.4. The Labute approximate surface area is 245 Å². The molecule has 0 spiro atoms. The lowest BCUT2D eigenvalue weighted by Gasteiger charge is -2.35. The topological polar surface area (TPSA) is 53.5 Å². The van der Waals surface area contributed by atoms with E-state index in [1.807, 2.05) is 0 Å². The van der Waals surface area contributed by atoms with E-state index in [4.69, 9.17) is 9.47 Å². The molecular formula is C27H31F11N3O3+. The van der Waals surface area contributed by atoms with Crippen molar-refractivity contribution in [2.75, 3.05) is 46.1 Å². The first-order chi connectivity index (χ1) is 20.4. The Kier molecular flexibility index (Phi) is 11.4. The number of halogens is 11. The maximum absolute atomic E-state index is 14.4. The van der Waals surface area contributed by atoms with Gasteiger partial charge in [-0.05, 0) is 36.2 Å². The number of alkyl halides is 10. The van der Waals surface area contributed by atoms with E-state index in [-0.39, 0.29) is 24.8 Å². The molecule has 1 fully saturated rings. The lowest BCUT2D eigenvalue weighted by Crippen LogP contribution is -2.61. The normalized spacial score (nSPS) is 17.7. The standard InChI is InChI=1S/C27H31F11N3O3/c1-2-22(29)24(30,31)16-26(34,35)25(32,33)11-18-12-39-23(40-13-18)19-3-5-21(6-4-19)44-15-20(28)14-43-17-27(36,37)41(38)7-9-42-10-8-41/h3-6,12-13,20,22H,2,7-11,14-17H2,1H3/q+1.